The summed E-state index contributed by atoms with van der Waals surface area (Å²) in [4.78, 5) is 18.6. The van der Waals surface area contributed by atoms with Crippen LogP contribution in [0.5, 0.6) is 5.88 Å². The lowest BCUT2D eigenvalue weighted by atomic mass is 9.99. The predicted molar refractivity (Wildman–Crippen MR) is 144 cm³/mol. The van der Waals surface area contributed by atoms with E-state index in [1.807, 2.05) is 35.2 Å². The minimum absolute atomic E-state index is 0.00183. The summed E-state index contributed by atoms with van der Waals surface area (Å²) in [6.07, 6.45) is 5.20. The number of halogens is 2. The third-order valence-corrected chi connectivity index (χ3v) is 7.62. The van der Waals surface area contributed by atoms with Crippen LogP contribution in [-0.2, 0) is 11.2 Å². The maximum Gasteiger partial charge on any atom is 0.388 e. The number of aryl methyl sites for hydroxylation is 1. The Morgan fingerprint density at radius 3 is 2.59 bits per heavy atom. The Hall–Kier alpha value is -4.11. The van der Waals surface area contributed by atoms with Crippen LogP contribution in [0.15, 0.2) is 73.3 Å². The van der Waals surface area contributed by atoms with Crippen molar-refractivity contribution in [1.29, 1.82) is 0 Å². The van der Waals surface area contributed by atoms with Crippen molar-refractivity contribution in [3.8, 4) is 28.4 Å². The van der Waals surface area contributed by atoms with Gasteiger partial charge in [-0.25, -0.2) is 9.50 Å². The molecular formula is C30H29F2N5O2. The summed E-state index contributed by atoms with van der Waals surface area (Å²) in [6.45, 7) is 2.12. The van der Waals surface area contributed by atoms with E-state index in [1.165, 1.54) is 23.3 Å². The Morgan fingerprint density at radius 1 is 1.05 bits per heavy atom. The monoisotopic (exact) mass is 529 g/mol. The van der Waals surface area contributed by atoms with Crippen LogP contribution in [0.1, 0.15) is 36.4 Å². The summed E-state index contributed by atoms with van der Waals surface area (Å²) >= 11 is 0. The molecule has 0 unspecified atom stereocenters. The van der Waals surface area contributed by atoms with Gasteiger partial charge in [0.05, 0.1) is 5.69 Å². The van der Waals surface area contributed by atoms with Crippen LogP contribution in [0.2, 0.25) is 0 Å². The number of aromatic nitrogens is 3. The number of rotatable bonds is 7. The summed E-state index contributed by atoms with van der Waals surface area (Å²) in [5.41, 5.74) is 6.40. The van der Waals surface area contributed by atoms with Crippen molar-refractivity contribution >= 4 is 11.6 Å². The van der Waals surface area contributed by atoms with E-state index in [0.717, 1.165) is 61.3 Å². The van der Waals surface area contributed by atoms with Crippen molar-refractivity contribution in [2.75, 3.05) is 13.1 Å². The van der Waals surface area contributed by atoms with E-state index < -0.39 is 6.61 Å². The molecular weight excluding hydrogens is 500 g/mol. The molecule has 1 saturated heterocycles. The van der Waals surface area contributed by atoms with Crippen molar-refractivity contribution in [2.45, 2.75) is 44.4 Å². The first-order chi connectivity index (χ1) is 19.0. The van der Waals surface area contributed by atoms with Gasteiger partial charge in [-0.2, -0.15) is 8.78 Å². The smallest absolute Gasteiger partial charge is 0.388 e. The standard InChI is InChI=1S/C30H29F2N5O2/c1-2-27(38)36-16-14-22(15-17-36)33-24-11-9-20-18-21(8-10-23(20)24)28-29(19-6-4-3-5-7-19)37-25(34-28)12-13-26(35-37)39-30(31)32/h2-8,10,12-13,18,22,24,30,33H,1,9,11,14-17H2/t24-/m0/s1. The van der Waals surface area contributed by atoms with E-state index in [9.17, 15) is 13.6 Å². The van der Waals surface area contributed by atoms with Gasteiger partial charge in [-0.1, -0.05) is 49.0 Å². The molecule has 1 atom stereocenters. The van der Waals surface area contributed by atoms with Crippen molar-refractivity contribution in [1.82, 2.24) is 24.8 Å². The largest absolute Gasteiger partial charge is 0.415 e. The molecule has 200 valence electrons. The van der Waals surface area contributed by atoms with Gasteiger partial charge in [0.15, 0.2) is 5.65 Å². The molecule has 7 nitrogen and oxygen atoms in total. The quantitative estimate of drug-likeness (QED) is 0.324. The maximum atomic E-state index is 12.9. The fraction of sp³-hybridized carbons (Fsp3) is 0.300. The molecule has 0 spiro atoms. The SMILES string of the molecule is C=CC(=O)N1CCC(N[C@H]2CCc3cc(-c4nc5ccc(OC(F)F)nn5c4-c4ccccc4)ccc32)CC1. The summed E-state index contributed by atoms with van der Waals surface area (Å²) in [6, 6.07) is 19.8. The molecule has 0 radical (unpaired) electrons. The fourth-order valence-electron chi connectivity index (χ4n) is 5.75. The van der Waals surface area contributed by atoms with E-state index in [0.29, 0.717) is 11.7 Å². The van der Waals surface area contributed by atoms with Gasteiger partial charge in [0.1, 0.15) is 5.69 Å². The van der Waals surface area contributed by atoms with Crippen LogP contribution >= 0.6 is 0 Å². The summed E-state index contributed by atoms with van der Waals surface area (Å²) in [7, 11) is 0. The lowest BCUT2D eigenvalue weighted by Crippen LogP contribution is -2.45. The van der Waals surface area contributed by atoms with Crippen molar-refractivity contribution in [3.63, 3.8) is 0 Å². The number of imidazole rings is 1. The van der Waals surface area contributed by atoms with Crippen LogP contribution in [0.3, 0.4) is 0 Å². The van der Waals surface area contributed by atoms with Gasteiger partial charge in [0, 0.05) is 42.4 Å². The fourth-order valence-corrected chi connectivity index (χ4v) is 5.75. The first kappa shape index (κ1) is 25.2. The van der Waals surface area contributed by atoms with Crippen LogP contribution < -0.4 is 10.1 Å². The number of carbonyl (C=O) groups excluding carboxylic acids is 1. The molecule has 1 aliphatic carbocycles. The number of nitrogens with zero attached hydrogens (tertiary/aromatic N) is 4. The van der Waals surface area contributed by atoms with Crippen LogP contribution in [0, 0.1) is 0 Å². The Morgan fingerprint density at radius 2 is 1.85 bits per heavy atom. The zero-order chi connectivity index (χ0) is 26.9. The number of amides is 1. The van der Waals surface area contributed by atoms with E-state index in [4.69, 9.17) is 4.98 Å². The third kappa shape index (κ3) is 5.02. The molecule has 39 heavy (non-hydrogen) atoms. The molecule has 4 aromatic rings. The van der Waals surface area contributed by atoms with Gasteiger partial charge in [-0.3, -0.25) is 4.79 Å². The van der Waals surface area contributed by atoms with Gasteiger partial charge < -0.3 is 15.0 Å². The summed E-state index contributed by atoms with van der Waals surface area (Å²) < 4.78 is 31.9. The molecule has 2 aliphatic rings. The van der Waals surface area contributed by atoms with E-state index in [-0.39, 0.29) is 17.8 Å². The molecule has 3 heterocycles. The Balaban J connectivity index is 1.29. The normalized spacial score (nSPS) is 17.5. The number of carbonyl (C=O) groups is 1. The van der Waals surface area contributed by atoms with E-state index in [1.54, 1.807) is 10.6 Å². The topological polar surface area (TPSA) is 71.8 Å². The molecule has 0 bridgehead atoms. The Labute approximate surface area is 225 Å². The second kappa shape index (κ2) is 10.6. The highest BCUT2D eigenvalue weighted by Gasteiger charge is 2.29. The molecule has 2 aromatic carbocycles. The summed E-state index contributed by atoms with van der Waals surface area (Å²) in [5.74, 6) is -0.164. The molecule has 1 N–H and O–H groups in total. The molecule has 1 amide bonds. The average molecular weight is 530 g/mol. The molecule has 1 fully saturated rings. The van der Waals surface area contributed by atoms with Gasteiger partial charge in [0.25, 0.3) is 0 Å². The highest BCUT2D eigenvalue weighted by atomic mass is 19.3. The highest BCUT2D eigenvalue weighted by molar-refractivity contribution is 5.87. The Bertz CT molecular complexity index is 1510. The number of hydrogen-bond donors (Lipinski definition) is 1. The molecule has 1 aliphatic heterocycles. The highest BCUT2D eigenvalue weighted by Crippen LogP contribution is 2.38. The molecule has 6 rings (SSSR count). The first-order valence-electron chi connectivity index (χ1n) is 13.2. The van der Waals surface area contributed by atoms with Gasteiger partial charge in [-0.15, -0.1) is 5.10 Å². The lowest BCUT2D eigenvalue weighted by molar-refractivity contribution is -0.127. The number of fused-ring (bicyclic) bond motifs is 2. The van der Waals surface area contributed by atoms with E-state index in [2.05, 4.69) is 39.9 Å². The predicted octanol–water partition coefficient (Wildman–Crippen LogP) is 5.42. The maximum absolute atomic E-state index is 12.9. The number of piperidine rings is 1. The van der Waals surface area contributed by atoms with Gasteiger partial charge in [-0.05, 0) is 55.0 Å². The molecule has 9 heteroatoms. The Kier molecular flexibility index (Phi) is 6.83. The lowest BCUT2D eigenvalue weighted by Gasteiger charge is -2.33. The van der Waals surface area contributed by atoms with Crippen LogP contribution in [-0.4, -0.2) is 51.1 Å². The second-order valence-electron chi connectivity index (χ2n) is 9.97. The van der Waals surface area contributed by atoms with Crippen molar-refractivity contribution in [2.24, 2.45) is 0 Å². The summed E-state index contributed by atoms with van der Waals surface area (Å²) in [5, 5.41) is 8.14. The van der Waals surface area contributed by atoms with Crippen LogP contribution in [0.25, 0.3) is 28.2 Å². The second-order valence-corrected chi connectivity index (χ2v) is 9.97. The third-order valence-electron chi connectivity index (χ3n) is 7.62. The number of alkyl halides is 2. The van der Waals surface area contributed by atoms with Gasteiger partial charge >= 0.3 is 6.61 Å². The first-order valence-corrected chi connectivity index (χ1v) is 13.2. The number of benzene rings is 2. The average Bonchev–Trinajstić information content (AvgIpc) is 3.54. The molecule has 0 saturated carbocycles. The zero-order valence-electron chi connectivity index (χ0n) is 21.4. The zero-order valence-corrected chi connectivity index (χ0v) is 21.4. The number of nitrogens with one attached hydrogen (secondary N) is 1. The molecule has 2 aromatic heterocycles. The van der Waals surface area contributed by atoms with Gasteiger partial charge in [0.2, 0.25) is 11.8 Å². The number of likely N-dealkylation sites (tertiary alicyclic amines) is 1. The minimum Gasteiger partial charge on any atom is -0.415 e. The van der Waals surface area contributed by atoms with E-state index >= 15 is 0 Å². The van der Waals surface area contributed by atoms with Crippen LogP contribution in [0.4, 0.5) is 8.78 Å². The van der Waals surface area contributed by atoms with Crippen molar-refractivity contribution < 1.29 is 18.3 Å². The van der Waals surface area contributed by atoms with Crippen molar-refractivity contribution in [3.05, 3.63) is 84.4 Å². The minimum atomic E-state index is -2.96. The number of hydrogen-bond acceptors (Lipinski definition) is 5. The number of ether oxygens (including phenoxy) is 1.